The molecule has 0 saturated carbocycles. The molecule has 0 aliphatic carbocycles. The van der Waals surface area contributed by atoms with Crippen molar-refractivity contribution in [2.45, 2.75) is 6.04 Å². The fourth-order valence-electron chi connectivity index (χ4n) is 2.75. The Kier molecular flexibility index (Phi) is 4.48. The molecule has 0 amide bonds. The van der Waals surface area contributed by atoms with Crippen LogP contribution in [0.1, 0.15) is 11.6 Å². The molecule has 110 valence electrons. The second kappa shape index (κ2) is 6.34. The highest BCUT2D eigenvalue weighted by molar-refractivity contribution is 9.10. The molecule has 0 N–H and O–H groups in total. The van der Waals surface area contributed by atoms with Gasteiger partial charge in [-0.05, 0) is 34.6 Å². The number of anilines is 1. The third-order valence-corrected chi connectivity index (χ3v) is 4.62. The van der Waals surface area contributed by atoms with Crippen molar-refractivity contribution in [1.82, 2.24) is 9.88 Å². The van der Waals surface area contributed by atoms with Gasteiger partial charge in [0.15, 0.2) is 0 Å². The number of aromatic nitrogens is 1. The summed E-state index contributed by atoms with van der Waals surface area (Å²) in [5.74, 6) is 0.960. The Balaban J connectivity index is 1.98. The Morgan fingerprint density at radius 2 is 2.00 bits per heavy atom. The molecular formula is C16H17BrClN3. The molecule has 2 aromatic rings. The van der Waals surface area contributed by atoms with Crippen molar-refractivity contribution in [2.24, 2.45) is 0 Å². The van der Waals surface area contributed by atoms with Gasteiger partial charge in [-0.3, -0.25) is 0 Å². The maximum atomic E-state index is 6.01. The molecule has 3 nitrogen and oxygen atoms in total. The van der Waals surface area contributed by atoms with Crippen LogP contribution in [0, 0.1) is 0 Å². The molecule has 1 saturated heterocycles. The quantitative estimate of drug-likeness (QED) is 0.801. The number of halogens is 2. The van der Waals surface area contributed by atoms with Crippen LogP contribution in [0.25, 0.3) is 0 Å². The lowest BCUT2D eigenvalue weighted by atomic mass is 10.0. The van der Waals surface area contributed by atoms with Gasteiger partial charge in [0.25, 0.3) is 0 Å². The number of hydrogen-bond donors (Lipinski definition) is 0. The molecular weight excluding hydrogens is 350 g/mol. The first kappa shape index (κ1) is 14.8. The van der Waals surface area contributed by atoms with E-state index in [4.69, 9.17) is 11.6 Å². The number of hydrogen-bond acceptors (Lipinski definition) is 3. The van der Waals surface area contributed by atoms with Crippen LogP contribution < -0.4 is 4.90 Å². The van der Waals surface area contributed by atoms with Gasteiger partial charge in [-0.15, -0.1) is 0 Å². The number of rotatable bonds is 2. The molecule has 1 fully saturated rings. The molecule has 1 aromatic heterocycles. The molecule has 1 atom stereocenters. The van der Waals surface area contributed by atoms with E-state index in [-0.39, 0.29) is 0 Å². The molecule has 0 radical (unpaired) electrons. The molecule has 5 heteroatoms. The number of likely N-dealkylation sites (N-methyl/N-ethyl adjacent to an activating group) is 1. The second-order valence-electron chi connectivity index (χ2n) is 5.34. The number of benzene rings is 1. The second-order valence-corrected chi connectivity index (χ2v) is 6.63. The predicted octanol–water partition coefficient (Wildman–Crippen LogP) is 3.99. The lowest BCUT2D eigenvalue weighted by Crippen LogP contribution is -2.47. The minimum atomic E-state index is 0.301. The van der Waals surface area contributed by atoms with Crippen LogP contribution in [0.2, 0.25) is 5.02 Å². The number of pyridine rings is 1. The van der Waals surface area contributed by atoms with Crippen molar-refractivity contribution < 1.29 is 0 Å². The van der Waals surface area contributed by atoms with E-state index in [0.29, 0.717) is 11.1 Å². The van der Waals surface area contributed by atoms with Crippen LogP contribution in [0.15, 0.2) is 47.1 Å². The van der Waals surface area contributed by atoms with Crippen LogP contribution in [0.4, 0.5) is 5.82 Å². The summed E-state index contributed by atoms with van der Waals surface area (Å²) in [5, 5.41) is 0.649. The Morgan fingerprint density at radius 1 is 1.24 bits per heavy atom. The van der Waals surface area contributed by atoms with E-state index < -0.39 is 0 Å². The van der Waals surface area contributed by atoms with E-state index in [1.54, 1.807) is 6.20 Å². The minimum absolute atomic E-state index is 0.301. The summed E-state index contributed by atoms with van der Waals surface area (Å²) in [7, 11) is 2.16. The van der Waals surface area contributed by atoms with Crippen LogP contribution in [0.3, 0.4) is 0 Å². The summed E-state index contributed by atoms with van der Waals surface area (Å²) in [6.07, 6.45) is 1.71. The third-order valence-electron chi connectivity index (χ3n) is 3.83. The van der Waals surface area contributed by atoms with Crippen LogP contribution in [-0.4, -0.2) is 36.6 Å². The van der Waals surface area contributed by atoms with Gasteiger partial charge < -0.3 is 9.80 Å². The molecule has 1 aromatic carbocycles. The Labute approximate surface area is 138 Å². The first-order valence-corrected chi connectivity index (χ1v) is 8.13. The van der Waals surface area contributed by atoms with Crippen molar-refractivity contribution in [3.63, 3.8) is 0 Å². The van der Waals surface area contributed by atoms with Crippen molar-refractivity contribution in [2.75, 3.05) is 31.6 Å². The maximum Gasteiger partial charge on any atom is 0.143 e. The summed E-state index contributed by atoms with van der Waals surface area (Å²) >= 11 is 9.61. The molecule has 1 unspecified atom stereocenters. The van der Waals surface area contributed by atoms with Gasteiger partial charge in [-0.2, -0.15) is 0 Å². The number of piperazine rings is 1. The standard InChI is InChI=1S/C16H17BrClN3/c1-20-7-8-21(16-14(17)9-13(18)10-19-16)15(11-20)12-5-3-2-4-6-12/h2-6,9-10,15H,7-8,11H2,1H3. The number of nitrogens with zero attached hydrogens (tertiary/aromatic N) is 3. The average molecular weight is 367 g/mol. The molecule has 0 spiro atoms. The Morgan fingerprint density at radius 3 is 2.71 bits per heavy atom. The fourth-order valence-corrected chi connectivity index (χ4v) is 3.62. The summed E-state index contributed by atoms with van der Waals surface area (Å²) in [5.41, 5.74) is 1.31. The normalized spacial score (nSPS) is 19.8. The first-order chi connectivity index (χ1) is 10.1. The Bertz CT molecular complexity index is 620. The SMILES string of the molecule is CN1CCN(c2ncc(Cl)cc2Br)C(c2ccccc2)C1. The van der Waals surface area contributed by atoms with Crippen molar-refractivity contribution in [3.05, 3.63) is 57.7 Å². The molecule has 0 bridgehead atoms. The Hall–Kier alpha value is -1.10. The topological polar surface area (TPSA) is 19.4 Å². The van der Waals surface area contributed by atoms with Crippen LogP contribution in [0.5, 0.6) is 0 Å². The molecule has 3 rings (SSSR count). The fraction of sp³-hybridized carbons (Fsp3) is 0.312. The first-order valence-electron chi connectivity index (χ1n) is 6.96. The highest BCUT2D eigenvalue weighted by Crippen LogP contribution is 2.34. The van der Waals surface area contributed by atoms with E-state index >= 15 is 0 Å². The third kappa shape index (κ3) is 3.23. The van der Waals surface area contributed by atoms with Crippen LogP contribution >= 0.6 is 27.5 Å². The largest absolute Gasteiger partial charge is 0.346 e. The van der Waals surface area contributed by atoms with E-state index in [9.17, 15) is 0 Å². The van der Waals surface area contributed by atoms with Gasteiger partial charge in [0, 0.05) is 25.8 Å². The van der Waals surface area contributed by atoms with E-state index in [1.165, 1.54) is 5.56 Å². The monoisotopic (exact) mass is 365 g/mol. The highest BCUT2D eigenvalue weighted by atomic mass is 79.9. The summed E-state index contributed by atoms with van der Waals surface area (Å²) in [6, 6.07) is 12.8. The molecule has 21 heavy (non-hydrogen) atoms. The van der Waals surface area contributed by atoms with E-state index in [0.717, 1.165) is 29.9 Å². The van der Waals surface area contributed by atoms with Gasteiger partial charge in [0.2, 0.25) is 0 Å². The smallest absolute Gasteiger partial charge is 0.143 e. The zero-order valence-corrected chi connectivity index (χ0v) is 14.2. The van der Waals surface area contributed by atoms with Gasteiger partial charge >= 0.3 is 0 Å². The zero-order chi connectivity index (χ0) is 14.8. The summed E-state index contributed by atoms with van der Waals surface area (Å²) in [4.78, 5) is 9.25. The minimum Gasteiger partial charge on any atom is -0.346 e. The van der Waals surface area contributed by atoms with Gasteiger partial charge in [-0.1, -0.05) is 41.9 Å². The predicted molar refractivity (Wildman–Crippen MR) is 91.0 cm³/mol. The van der Waals surface area contributed by atoms with Crippen molar-refractivity contribution in [1.29, 1.82) is 0 Å². The lowest BCUT2D eigenvalue weighted by Gasteiger charge is -2.41. The lowest BCUT2D eigenvalue weighted by molar-refractivity contribution is 0.268. The van der Waals surface area contributed by atoms with Gasteiger partial charge in [0.05, 0.1) is 15.5 Å². The molecule has 2 heterocycles. The maximum absolute atomic E-state index is 6.01. The van der Waals surface area contributed by atoms with Crippen LogP contribution in [-0.2, 0) is 0 Å². The highest BCUT2D eigenvalue weighted by Gasteiger charge is 2.28. The zero-order valence-electron chi connectivity index (χ0n) is 11.8. The van der Waals surface area contributed by atoms with E-state index in [2.05, 4.69) is 68.1 Å². The molecule has 1 aliphatic rings. The van der Waals surface area contributed by atoms with E-state index in [1.807, 2.05) is 6.07 Å². The average Bonchev–Trinajstić information content (AvgIpc) is 2.49. The van der Waals surface area contributed by atoms with Crippen molar-refractivity contribution in [3.8, 4) is 0 Å². The van der Waals surface area contributed by atoms with Gasteiger partial charge in [-0.25, -0.2) is 4.98 Å². The van der Waals surface area contributed by atoms with Gasteiger partial charge in [0.1, 0.15) is 5.82 Å². The molecule has 1 aliphatic heterocycles. The van der Waals surface area contributed by atoms with Crippen molar-refractivity contribution >= 4 is 33.3 Å². The summed E-state index contributed by atoms with van der Waals surface area (Å²) < 4.78 is 0.945. The summed E-state index contributed by atoms with van der Waals surface area (Å²) in [6.45, 7) is 2.96.